The van der Waals surface area contributed by atoms with Gasteiger partial charge in [-0.1, -0.05) is 6.92 Å². The van der Waals surface area contributed by atoms with Gasteiger partial charge in [0.25, 0.3) is 0 Å². The zero-order chi connectivity index (χ0) is 14.9. The van der Waals surface area contributed by atoms with Gasteiger partial charge in [-0.3, -0.25) is 4.79 Å². The van der Waals surface area contributed by atoms with E-state index in [-0.39, 0.29) is 11.8 Å². The summed E-state index contributed by atoms with van der Waals surface area (Å²) in [4.78, 5) is 23.7. The van der Waals surface area contributed by atoms with Gasteiger partial charge in [-0.15, -0.1) is 0 Å². The second kappa shape index (κ2) is 5.65. The van der Waals surface area contributed by atoms with Crippen LogP contribution < -0.4 is 4.74 Å². The molecule has 108 valence electrons. The number of ether oxygens (including phenoxy) is 2. The van der Waals surface area contributed by atoms with E-state index in [0.29, 0.717) is 12.8 Å². The molecule has 0 aliphatic carbocycles. The lowest BCUT2D eigenvalue weighted by molar-refractivity contribution is -0.147. The third-order valence-electron chi connectivity index (χ3n) is 3.82. The van der Waals surface area contributed by atoms with E-state index in [1.165, 1.54) is 7.11 Å². The lowest BCUT2D eigenvalue weighted by Gasteiger charge is -2.13. The molecule has 1 aliphatic rings. The maximum Gasteiger partial charge on any atom is 0.347 e. The van der Waals surface area contributed by atoms with Crippen LogP contribution in [0.15, 0.2) is 6.07 Å². The Balaban J connectivity index is 2.38. The van der Waals surface area contributed by atoms with E-state index in [2.05, 4.69) is 0 Å². The normalized spacial score (nSPS) is 16.5. The lowest BCUT2D eigenvalue weighted by atomic mass is 9.93. The summed E-state index contributed by atoms with van der Waals surface area (Å²) >= 11 is 0. The maximum absolute atomic E-state index is 12.2. The van der Waals surface area contributed by atoms with E-state index in [1.54, 1.807) is 0 Å². The number of esters is 1. The maximum atomic E-state index is 12.2. The van der Waals surface area contributed by atoms with E-state index in [9.17, 15) is 9.59 Å². The van der Waals surface area contributed by atoms with Crippen molar-refractivity contribution in [3.05, 3.63) is 28.3 Å². The van der Waals surface area contributed by atoms with Crippen LogP contribution in [0.3, 0.4) is 0 Å². The number of hydrogen-bond acceptors (Lipinski definition) is 4. The standard InChI is InChI=1S/C16H20O4/c1-5-6-13(17)12-7-11-8-14(16(18)19-4)20-15(11)10(3)9(12)2/h7,14H,5-6,8H2,1-4H3. The highest BCUT2D eigenvalue weighted by molar-refractivity contribution is 5.98. The SMILES string of the molecule is CCCC(=O)c1cc2c(c(C)c1C)OC(C(=O)OC)C2. The predicted octanol–water partition coefficient (Wildman–Crippen LogP) is 2.76. The molecule has 0 amide bonds. The van der Waals surface area contributed by atoms with Crippen molar-refractivity contribution in [1.29, 1.82) is 0 Å². The first-order chi connectivity index (χ1) is 9.49. The molecule has 2 rings (SSSR count). The monoisotopic (exact) mass is 276 g/mol. The first-order valence-electron chi connectivity index (χ1n) is 6.90. The van der Waals surface area contributed by atoms with Crippen molar-refractivity contribution < 1.29 is 19.1 Å². The molecule has 0 N–H and O–H groups in total. The summed E-state index contributed by atoms with van der Waals surface area (Å²) in [6.07, 6.45) is 1.25. The fourth-order valence-electron chi connectivity index (χ4n) is 2.57. The Kier molecular flexibility index (Phi) is 4.12. The Hall–Kier alpha value is -1.84. The topological polar surface area (TPSA) is 52.6 Å². The van der Waals surface area contributed by atoms with E-state index < -0.39 is 6.10 Å². The van der Waals surface area contributed by atoms with Gasteiger partial charge in [-0.25, -0.2) is 4.79 Å². The van der Waals surface area contributed by atoms with Crippen LogP contribution in [0, 0.1) is 13.8 Å². The van der Waals surface area contributed by atoms with Crippen molar-refractivity contribution in [3.8, 4) is 5.75 Å². The molecule has 1 aromatic rings. The van der Waals surface area contributed by atoms with Crippen molar-refractivity contribution in [3.63, 3.8) is 0 Å². The summed E-state index contributed by atoms with van der Waals surface area (Å²) in [6, 6.07) is 1.87. The van der Waals surface area contributed by atoms with Crippen molar-refractivity contribution in [2.75, 3.05) is 7.11 Å². The number of carbonyl (C=O) groups excluding carboxylic acids is 2. The highest BCUT2D eigenvalue weighted by Gasteiger charge is 2.32. The van der Waals surface area contributed by atoms with Crippen LogP contribution in [0.25, 0.3) is 0 Å². The van der Waals surface area contributed by atoms with Gasteiger partial charge in [-0.2, -0.15) is 0 Å². The van der Waals surface area contributed by atoms with Crippen LogP contribution >= 0.6 is 0 Å². The Morgan fingerprint density at radius 2 is 2.05 bits per heavy atom. The minimum absolute atomic E-state index is 0.150. The molecule has 4 heteroatoms. The Morgan fingerprint density at radius 1 is 1.35 bits per heavy atom. The van der Waals surface area contributed by atoms with Crippen molar-refractivity contribution in [2.24, 2.45) is 0 Å². The van der Waals surface area contributed by atoms with Crippen LogP contribution in [-0.4, -0.2) is 25.0 Å². The molecule has 0 spiro atoms. The zero-order valence-electron chi connectivity index (χ0n) is 12.4. The summed E-state index contributed by atoms with van der Waals surface area (Å²) in [5.41, 5.74) is 3.54. The lowest BCUT2D eigenvalue weighted by Crippen LogP contribution is -2.26. The zero-order valence-corrected chi connectivity index (χ0v) is 12.4. The van der Waals surface area contributed by atoms with E-state index in [0.717, 1.165) is 34.4 Å². The summed E-state index contributed by atoms with van der Waals surface area (Å²) in [7, 11) is 1.35. The smallest absolute Gasteiger partial charge is 0.347 e. The number of benzene rings is 1. The van der Waals surface area contributed by atoms with Crippen molar-refractivity contribution in [2.45, 2.75) is 46.1 Å². The number of methoxy groups -OCH3 is 1. The minimum atomic E-state index is -0.593. The van der Waals surface area contributed by atoms with Gasteiger partial charge in [0.2, 0.25) is 0 Å². The van der Waals surface area contributed by atoms with Gasteiger partial charge in [0, 0.05) is 18.4 Å². The first kappa shape index (κ1) is 14.6. The second-order valence-corrected chi connectivity index (χ2v) is 5.17. The fourth-order valence-corrected chi connectivity index (χ4v) is 2.57. The van der Waals surface area contributed by atoms with Crippen molar-refractivity contribution in [1.82, 2.24) is 0 Å². The highest BCUT2D eigenvalue weighted by atomic mass is 16.6. The molecule has 1 atom stereocenters. The molecule has 0 saturated carbocycles. The van der Waals surface area contributed by atoms with Crippen LogP contribution in [0.1, 0.15) is 46.8 Å². The van der Waals surface area contributed by atoms with Crippen LogP contribution in [0.2, 0.25) is 0 Å². The molecule has 20 heavy (non-hydrogen) atoms. The van der Waals surface area contributed by atoms with E-state index in [1.807, 2.05) is 26.8 Å². The van der Waals surface area contributed by atoms with Gasteiger partial charge in [-0.05, 0) is 43.0 Å². The second-order valence-electron chi connectivity index (χ2n) is 5.17. The molecule has 1 aromatic carbocycles. The first-order valence-corrected chi connectivity index (χ1v) is 6.90. The number of ketones is 1. The number of hydrogen-bond donors (Lipinski definition) is 0. The molecular formula is C16H20O4. The number of rotatable bonds is 4. The third kappa shape index (κ3) is 2.42. The number of carbonyl (C=O) groups is 2. The Bertz CT molecular complexity index is 560. The fraction of sp³-hybridized carbons (Fsp3) is 0.500. The average molecular weight is 276 g/mol. The van der Waals surface area contributed by atoms with Gasteiger partial charge in [0.05, 0.1) is 7.11 Å². The van der Waals surface area contributed by atoms with Gasteiger partial charge >= 0.3 is 5.97 Å². The van der Waals surface area contributed by atoms with Crippen LogP contribution in [-0.2, 0) is 16.0 Å². The average Bonchev–Trinajstić information content (AvgIpc) is 2.86. The van der Waals surface area contributed by atoms with Crippen LogP contribution in [0.5, 0.6) is 5.75 Å². The van der Waals surface area contributed by atoms with Gasteiger partial charge in [0.1, 0.15) is 5.75 Å². The number of fused-ring (bicyclic) bond motifs is 1. The Morgan fingerprint density at radius 3 is 2.65 bits per heavy atom. The highest BCUT2D eigenvalue weighted by Crippen LogP contribution is 2.36. The molecule has 0 aromatic heterocycles. The summed E-state index contributed by atoms with van der Waals surface area (Å²) < 4.78 is 10.4. The molecule has 0 bridgehead atoms. The summed E-state index contributed by atoms with van der Waals surface area (Å²) in [5.74, 6) is 0.503. The van der Waals surface area contributed by atoms with Gasteiger partial charge < -0.3 is 9.47 Å². The van der Waals surface area contributed by atoms with Crippen molar-refractivity contribution >= 4 is 11.8 Å². The van der Waals surface area contributed by atoms with Crippen LogP contribution in [0.4, 0.5) is 0 Å². The molecule has 4 nitrogen and oxygen atoms in total. The van der Waals surface area contributed by atoms with Gasteiger partial charge in [0.15, 0.2) is 11.9 Å². The van der Waals surface area contributed by atoms with E-state index in [4.69, 9.17) is 9.47 Å². The summed E-state index contributed by atoms with van der Waals surface area (Å²) in [6.45, 7) is 5.84. The quantitative estimate of drug-likeness (QED) is 0.627. The Labute approximate surface area is 119 Å². The summed E-state index contributed by atoms with van der Waals surface area (Å²) in [5, 5.41) is 0. The minimum Gasteiger partial charge on any atom is -0.478 e. The largest absolute Gasteiger partial charge is 0.478 e. The molecular weight excluding hydrogens is 256 g/mol. The molecule has 1 unspecified atom stereocenters. The molecule has 0 fully saturated rings. The molecule has 1 heterocycles. The molecule has 1 aliphatic heterocycles. The number of Topliss-reactive ketones (excluding diaryl/α,β-unsaturated/α-hetero) is 1. The van der Waals surface area contributed by atoms with E-state index >= 15 is 0 Å². The molecule has 0 radical (unpaired) electrons. The predicted molar refractivity (Wildman–Crippen MR) is 75.3 cm³/mol. The molecule has 0 saturated heterocycles. The third-order valence-corrected chi connectivity index (χ3v) is 3.82.